The van der Waals surface area contributed by atoms with Gasteiger partial charge in [0.05, 0.1) is 6.04 Å². The molecule has 0 bridgehead atoms. The van der Waals surface area contributed by atoms with E-state index in [4.69, 9.17) is 5.73 Å². The van der Waals surface area contributed by atoms with Crippen molar-refractivity contribution < 1.29 is 13.2 Å². The first-order valence-corrected chi connectivity index (χ1v) is 8.37. The van der Waals surface area contributed by atoms with E-state index in [0.717, 1.165) is 24.2 Å². The molecule has 1 aromatic heterocycles. The molecule has 0 saturated heterocycles. The van der Waals surface area contributed by atoms with Gasteiger partial charge in [0, 0.05) is 6.54 Å². The fourth-order valence-corrected chi connectivity index (χ4v) is 3.61. The van der Waals surface area contributed by atoms with Crippen molar-refractivity contribution in [1.82, 2.24) is 10.0 Å². The molecule has 1 atom stereocenters. The number of carbonyl (C=O) groups excluding carboxylic acids is 1. The van der Waals surface area contributed by atoms with E-state index in [1.54, 1.807) is 11.4 Å². The van der Waals surface area contributed by atoms with Gasteiger partial charge in [-0.15, -0.1) is 11.3 Å². The summed E-state index contributed by atoms with van der Waals surface area (Å²) in [5.41, 5.74) is 5.34. The number of amides is 1. The fraction of sp³-hybridized carbons (Fsp3) is 0.545. The van der Waals surface area contributed by atoms with Crippen LogP contribution in [-0.2, 0) is 14.8 Å². The maximum absolute atomic E-state index is 11.9. The van der Waals surface area contributed by atoms with Gasteiger partial charge < -0.3 is 11.1 Å². The molecule has 1 aromatic rings. The Hall–Kier alpha value is -0.960. The minimum Gasteiger partial charge on any atom is -0.355 e. The molecule has 1 amide bonds. The van der Waals surface area contributed by atoms with Crippen molar-refractivity contribution in [2.24, 2.45) is 5.73 Å². The zero-order valence-electron chi connectivity index (χ0n) is 10.8. The van der Waals surface area contributed by atoms with Crippen molar-refractivity contribution in [3.63, 3.8) is 0 Å². The summed E-state index contributed by atoms with van der Waals surface area (Å²) >= 11 is 1.11. The van der Waals surface area contributed by atoms with Crippen LogP contribution in [0, 0.1) is 0 Å². The van der Waals surface area contributed by atoms with Crippen molar-refractivity contribution in [3.8, 4) is 0 Å². The molecule has 0 spiro atoms. The number of nitrogens with two attached hydrogens (primary N) is 1. The van der Waals surface area contributed by atoms with Crippen LogP contribution in [0.1, 0.15) is 19.8 Å². The molecule has 0 aliphatic rings. The summed E-state index contributed by atoms with van der Waals surface area (Å²) < 4.78 is 26.3. The summed E-state index contributed by atoms with van der Waals surface area (Å²) in [6.07, 6.45) is 1.61. The van der Waals surface area contributed by atoms with Crippen molar-refractivity contribution in [2.75, 3.05) is 13.1 Å². The average Bonchev–Trinajstić information content (AvgIpc) is 2.88. The van der Waals surface area contributed by atoms with E-state index in [0.29, 0.717) is 13.1 Å². The Bertz CT molecular complexity index is 485. The van der Waals surface area contributed by atoms with Crippen molar-refractivity contribution in [3.05, 3.63) is 17.5 Å². The Kier molecular flexibility index (Phi) is 6.43. The quantitative estimate of drug-likeness (QED) is 0.600. The molecule has 4 N–H and O–H groups in total. The maximum atomic E-state index is 11.9. The monoisotopic (exact) mass is 305 g/mol. The molecule has 0 saturated carbocycles. The largest absolute Gasteiger partial charge is 0.355 e. The second-order valence-electron chi connectivity index (χ2n) is 4.06. The summed E-state index contributed by atoms with van der Waals surface area (Å²) in [4.78, 5) is 11.7. The van der Waals surface area contributed by atoms with E-state index in [9.17, 15) is 13.2 Å². The summed E-state index contributed by atoms with van der Waals surface area (Å²) in [7, 11) is -3.61. The van der Waals surface area contributed by atoms with Gasteiger partial charge in [-0.05, 0) is 37.8 Å². The lowest BCUT2D eigenvalue weighted by atomic mass is 10.3. The molecule has 19 heavy (non-hydrogen) atoms. The van der Waals surface area contributed by atoms with Gasteiger partial charge in [-0.2, -0.15) is 4.72 Å². The summed E-state index contributed by atoms with van der Waals surface area (Å²) in [5.74, 6) is -0.336. The molecule has 1 rings (SSSR count). The van der Waals surface area contributed by atoms with Gasteiger partial charge in [-0.1, -0.05) is 6.07 Å². The first-order valence-electron chi connectivity index (χ1n) is 6.01. The molecular weight excluding hydrogens is 286 g/mol. The number of thiophene rings is 1. The predicted molar refractivity (Wildman–Crippen MR) is 75.4 cm³/mol. The first-order chi connectivity index (χ1) is 8.97. The highest BCUT2D eigenvalue weighted by Gasteiger charge is 2.22. The van der Waals surface area contributed by atoms with Crippen LogP contribution in [0.25, 0.3) is 0 Å². The van der Waals surface area contributed by atoms with Gasteiger partial charge in [-0.25, -0.2) is 8.42 Å². The molecule has 1 unspecified atom stereocenters. The molecule has 8 heteroatoms. The van der Waals surface area contributed by atoms with E-state index in [1.807, 2.05) is 0 Å². The molecule has 1 heterocycles. The molecule has 0 aromatic carbocycles. The number of nitrogens with one attached hydrogen (secondary N) is 2. The van der Waals surface area contributed by atoms with Gasteiger partial charge in [0.25, 0.3) is 10.0 Å². The Morgan fingerprint density at radius 3 is 2.79 bits per heavy atom. The minimum absolute atomic E-state index is 0.204. The van der Waals surface area contributed by atoms with Gasteiger partial charge in [0.15, 0.2) is 0 Å². The third-order valence-corrected chi connectivity index (χ3v) is 5.35. The highest BCUT2D eigenvalue weighted by atomic mass is 32.2. The average molecular weight is 305 g/mol. The Morgan fingerprint density at radius 1 is 1.47 bits per heavy atom. The number of unbranched alkanes of at least 4 members (excludes halogenated alkanes) is 1. The second-order valence-corrected chi connectivity index (χ2v) is 6.95. The van der Waals surface area contributed by atoms with Gasteiger partial charge in [0.1, 0.15) is 4.21 Å². The number of carbonyl (C=O) groups is 1. The number of hydrogen-bond acceptors (Lipinski definition) is 5. The van der Waals surface area contributed by atoms with E-state index in [1.165, 1.54) is 13.0 Å². The van der Waals surface area contributed by atoms with Crippen molar-refractivity contribution in [1.29, 1.82) is 0 Å². The highest BCUT2D eigenvalue weighted by Crippen LogP contribution is 2.15. The molecule has 0 aliphatic heterocycles. The third-order valence-electron chi connectivity index (χ3n) is 2.42. The van der Waals surface area contributed by atoms with Crippen LogP contribution in [0.15, 0.2) is 21.7 Å². The zero-order valence-corrected chi connectivity index (χ0v) is 12.4. The Balaban J connectivity index is 2.46. The summed E-state index contributed by atoms with van der Waals surface area (Å²) in [6.45, 7) is 2.60. The zero-order chi connectivity index (χ0) is 14.3. The Morgan fingerprint density at radius 2 is 2.21 bits per heavy atom. The smallest absolute Gasteiger partial charge is 0.250 e. The van der Waals surface area contributed by atoms with Gasteiger partial charge >= 0.3 is 0 Å². The van der Waals surface area contributed by atoms with Crippen LogP contribution >= 0.6 is 11.3 Å². The number of sulfonamides is 1. The lowest BCUT2D eigenvalue weighted by Gasteiger charge is -2.13. The second kappa shape index (κ2) is 7.59. The van der Waals surface area contributed by atoms with Crippen LogP contribution in [0.4, 0.5) is 0 Å². The summed E-state index contributed by atoms with van der Waals surface area (Å²) in [5, 5.41) is 4.34. The third kappa shape index (κ3) is 5.27. The topological polar surface area (TPSA) is 101 Å². The molecule has 0 radical (unpaired) electrons. The lowest BCUT2D eigenvalue weighted by Crippen LogP contribution is -2.44. The minimum atomic E-state index is -3.61. The molecule has 108 valence electrons. The van der Waals surface area contributed by atoms with E-state index in [-0.39, 0.29) is 10.1 Å². The van der Waals surface area contributed by atoms with E-state index >= 15 is 0 Å². The Labute approximate surface area is 117 Å². The first kappa shape index (κ1) is 16.1. The maximum Gasteiger partial charge on any atom is 0.250 e. The predicted octanol–water partition coefficient (Wildman–Crippen LogP) is 0.270. The lowest BCUT2D eigenvalue weighted by molar-refractivity contribution is -0.122. The van der Waals surface area contributed by atoms with Crippen molar-refractivity contribution >= 4 is 27.3 Å². The SMILES string of the molecule is CC(NS(=O)(=O)c1cccs1)C(=O)NCCCCN. The van der Waals surface area contributed by atoms with Crippen molar-refractivity contribution in [2.45, 2.75) is 30.0 Å². The molecule has 0 aliphatic carbocycles. The van der Waals surface area contributed by atoms with Crippen LogP contribution < -0.4 is 15.8 Å². The molecule has 6 nitrogen and oxygen atoms in total. The van der Waals surface area contributed by atoms with Crippen LogP contribution in [0.2, 0.25) is 0 Å². The molecular formula is C11H19N3O3S2. The molecule has 0 fully saturated rings. The standard InChI is InChI=1S/C11H19N3O3S2/c1-9(11(15)13-7-3-2-6-12)14-19(16,17)10-5-4-8-18-10/h4-5,8-9,14H,2-3,6-7,12H2,1H3,(H,13,15). The van der Waals surface area contributed by atoms with E-state index < -0.39 is 16.1 Å². The van der Waals surface area contributed by atoms with Gasteiger partial charge in [-0.3, -0.25) is 4.79 Å². The van der Waals surface area contributed by atoms with Crippen LogP contribution in [0.5, 0.6) is 0 Å². The summed E-state index contributed by atoms with van der Waals surface area (Å²) in [6, 6.07) is 2.35. The number of hydrogen-bond donors (Lipinski definition) is 3. The van der Waals surface area contributed by atoms with E-state index in [2.05, 4.69) is 10.0 Å². The van der Waals surface area contributed by atoms with Gasteiger partial charge in [0.2, 0.25) is 5.91 Å². The van der Waals surface area contributed by atoms with Crippen LogP contribution in [0.3, 0.4) is 0 Å². The normalized spacial score (nSPS) is 13.2. The van der Waals surface area contributed by atoms with Crippen LogP contribution in [-0.4, -0.2) is 33.5 Å². The highest BCUT2D eigenvalue weighted by molar-refractivity contribution is 7.91. The number of rotatable bonds is 8. The fourth-order valence-electron chi connectivity index (χ4n) is 1.39.